The quantitative estimate of drug-likeness (QED) is 0.737. The Kier molecular flexibility index (Phi) is 4.70. The van der Waals surface area contributed by atoms with Gasteiger partial charge in [-0.1, -0.05) is 31.4 Å². The van der Waals surface area contributed by atoms with E-state index in [9.17, 15) is 14.7 Å². The molecule has 1 aliphatic carbocycles. The summed E-state index contributed by atoms with van der Waals surface area (Å²) in [5.74, 6) is -1.96. The molecule has 0 aromatic carbocycles. The molecule has 1 rings (SSSR count). The third-order valence-electron chi connectivity index (χ3n) is 3.29. The van der Waals surface area contributed by atoms with E-state index in [1.54, 1.807) is 13.0 Å². The number of carboxylic acid groups (broad SMARTS) is 2. The Bertz CT molecular complexity index is 406. The summed E-state index contributed by atoms with van der Waals surface area (Å²) in [6.07, 6.45) is 7.05. The smallest absolute Gasteiger partial charge is 0.331 e. The zero-order valence-corrected chi connectivity index (χ0v) is 10.9. The third-order valence-corrected chi connectivity index (χ3v) is 3.29. The van der Waals surface area contributed by atoms with E-state index in [1.807, 2.05) is 6.08 Å². The van der Waals surface area contributed by atoms with Crippen LogP contribution in [0.3, 0.4) is 0 Å². The third kappa shape index (κ3) is 3.45. The average molecular weight is 252 g/mol. The van der Waals surface area contributed by atoms with E-state index in [0.717, 1.165) is 24.8 Å². The molecule has 4 heteroatoms. The van der Waals surface area contributed by atoms with E-state index in [4.69, 9.17) is 5.11 Å². The minimum absolute atomic E-state index is 0.0861. The highest BCUT2D eigenvalue weighted by Gasteiger charge is 2.38. The van der Waals surface area contributed by atoms with Crippen molar-refractivity contribution in [3.8, 4) is 0 Å². The van der Waals surface area contributed by atoms with Crippen molar-refractivity contribution in [2.24, 2.45) is 5.41 Å². The van der Waals surface area contributed by atoms with Gasteiger partial charge in [0, 0.05) is 5.57 Å². The van der Waals surface area contributed by atoms with Crippen LogP contribution in [0.5, 0.6) is 0 Å². The van der Waals surface area contributed by atoms with E-state index in [-0.39, 0.29) is 12.0 Å². The van der Waals surface area contributed by atoms with Gasteiger partial charge in [-0.25, -0.2) is 4.79 Å². The summed E-state index contributed by atoms with van der Waals surface area (Å²) in [6, 6.07) is 0. The Morgan fingerprint density at radius 2 is 2.06 bits per heavy atom. The van der Waals surface area contributed by atoms with Crippen molar-refractivity contribution >= 4 is 11.9 Å². The highest BCUT2D eigenvalue weighted by molar-refractivity contribution is 5.90. The van der Waals surface area contributed by atoms with Gasteiger partial charge in [0.05, 0.1) is 5.41 Å². The molecule has 0 saturated heterocycles. The molecule has 0 fully saturated rings. The van der Waals surface area contributed by atoms with Gasteiger partial charge in [-0.05, 0) is 32.3 Å². The topological polar surface area (TPSA) is 74.6 Å². The van der Waals surface area contributed by atoms with Gasteiger partial charge in [0.15, 0.2) is 0 Å². The number of unbranched alkanes of at least 4 members (excludes halogenated alkanes) is 2. The largest absolute Gasteiger partial charge is 0.481 e. The molecule has 0 amide bonds. The van der Waals surface area contributed by atoms with Crippen LogP contribution in [-0.2, 0) is 9.59 Å². The van der Waals surface area contributed by atoms with Gasteiger partial charge in [-0.3, -0.25) is 4.79 Å². The fourth-order valence-corrected chi connectivity index (χ4v) is 2.17. The molecule has 0 aromatic heterocycles. The first-order chi connectivity index (χ1) is 8.39. The summed E-state index contributed by atoms with van der Waals surface area (Å²) in [5, 5.41) is 18.3. The van der Waals surface area contributed by atoms with Crippen molar-refractivity contribution < 1.29 is 19.8 Å². The van der Waals surface area contributed by atoms with Gasteiger partial charge >= 0.3 is 11.9 Å². The zero-order chi connectivity index (χ0) is 13.8. The number of allylic oxidation sites excluding steroid dienone is 3. The van der Waals surface area contributed by atoms with E-state index in [2.05, 4.69) is 6.92 Å². The fourth-order valence-electron chi connectivity index (χ4n) is 2.17. The molecular weight excluding hydrogens is 232 g/mol. The van der Waals surface area contributed by atoms with E-state index in [1.165, 1.54) is 0 Å². The molecule has 0 heterocycles. The molecule has 1 aliphatic rings. The first-order valence-electron chi connectivity index (χ1n) is 6.25. The molecular formula is C14H20O4. The summed E-state index contributed by atoms with van der Waals surface area (Å²) < 4.78 is 0. The van der Waals surface area contributed by atoms with Gasteiger partial charge < -0.3 is 10.2 Å². The minimum Gasteiger partial charge on any atom is -0.481 e. The van der Waals surface area contributed by atoms with Crippen molar-refractivity contribution in [3.63, 3.8) is 0 Å². The first kappa shape index (κ1) is 14.5. The average Bonchev–Trinajstić information content (AvgIpc) is 2.28. The summed E-state index contributed by atoms with van der Waals surface area (Å²) in [5.41, 5.74) is 0.0199. The summed E-state index contributed by atoms with van der Waals surface area (Å²) >= 11 is 0. The Morgan fingerprint density at radius 1 is 1.39 bits per heavy atom. The van der Waals surface area contributed by atoms with Crippen molar-refractivity contribution in [3.05, 3.63) is 23.3 Å². The lowest BCUT2D eigenvalue weighted by Gasteiger charge is -2.29. The molecule has 0 spiro atoms. The SMILES string of the molecule is CCCCC=C1C=C(C(=O)O)CC(C)(C(=O)O)C1. The molecule has 0 aliphatic heterocycles. The second kappa shape index (κ2) is 5.85. The lowest BCUT2D eigenvalue weighted by atomic mass is 9.73. The van der Waals surface area contributed by atoms with Crippen LogP contribution >= 0.6 is 0 Å². The summed E-state index contributed by atoms with van der Waals surface area (Å²) in [4.78, 5) is 22.3. The Hall–Kier alpha value is -1.58. The number of rotatable bonds is 5. The second-order valence-corrected chi connectivity index (χ2v) is 5.12. The monoisotopic (exact) mass is 252 g/mol. The van der Waals surface area contributed by atoms with E-state index in [0.29, 0.717) is 6.42 Å². The zero-order valence-electron chi connectivity index (χ0n) is 10.9. The standard InChI is InChI=1S/C14H20O4/c1-3-4-5-6-10-7-11(12(15)16)9-14(2,8-10)13(17)18/h6-7H,3-5,8-9H2,1-2H3,(H,15,16)(H,17,18). The van der Waals surface area contributed by atoms with Crippen LogP contribution in [0.15, 0.2) is 23.3 Å². The summed E-state index contributed by atoms with van der Waals surface area (Å²) in [6.45, 7) is 3.69. The number of carbonyl (C=O) groups is 2. The number of aliphatic carboxylic acids is 2. The van der Waals surface area contributed by atoms with Gasteiger partial charge in [-0.15, -0.1) is 0 Å². The molecule has 0 saturated carbocycles. The van der Waals surface area contributed by atoms with Crippen LogP contribution in [-0.4, -0.2) is 22.2 Å². The molecule has 0 aromatic rings. The van der Waals surface area contributed by atoms with Crippen LogP contribution < -0.4 is 0 Å². The number of hydrogen-bond acceptors (Lipinski definition) is 2. The van der Waals surface area contributed by atoms with Crippen LogP contribution in [0.4, 0.5) is 0 Å². The van der Waals surface area contributed by atoms with Gasteiger partial charge in [0.1, 0.15) is 0 Å². The summed E-state index contributed by atoms with van der Waals surface area (Å²) in [7, 11) is 0. The molecule has 18 heavy (non-hydrogen) atoms. The van der Waals surface area contributed by atoms with Gasteiger partial charge in [0.2, 0.25) is 0 Å². The first-order valence-corrected chi connectivity index (χ1v) is 6.25. The van der Waals surface area contributed by atoms with Crippen molar-refractivity contribution in [1.82, 2.24) is 0 Å². The predicted molar refractivity (Wildman–Crippen MR) is 68.3 cm³/mol. The Labute approximate surface area is 107 Å². The molecule has 0 bridgehead atoms. The van der Waals surface area contributed by atoms with Crippen molar-refractivity contribution in [1.29, 1.82) is 0 Å². The lowest BCUT2D eigenvalue weighted by molar-refractivity contribution is -0.148. The molecule has 4 nitrogen and oxygen atoms in total. The number of hydrogen-bond donors (Lipinski definition) is 2. The van der Waals surface area contributed by atoms with Crippen LogP contribution in [0.2, 0.25) is 0 Å². The normalized spacial score (nSPS) is 25.9. The van der Waals surface area contributed by atoms with E-state index >= 15 is 0 Å². The minimum atomic E-state index is -1.02. The Morgan fingerprint density at radius 3 is 2.56 bits per heavy atom. The van der Waals surface area contributed by atoms with E-state index < -0.39 is 17.4 Å². The highest BCUT2D eigenvalue weighted by atomic mass is 16.4. The molecule has 1 unspecified atom stereocenters. The van der Waals surface area contributed by atoms with Crippen LogP contribution in [0, 0.1) is 5.41 Å². The molecule has 0 radical (unpaired) electrons. The maximum Gasteiger partial charge on any atom is 0.331 e. The molecule has 2 N–H and O–H groups in total. The maximum atomic E-state index is 11.3. The highest BCUT2D eigenvalue weighted by Crippen LogP contribution is 2.39. The predicted octanol–water partition coefficient (Wildman–Crippen LogP) is 3.00. The maximum absolute atomic E-state index is 11.3. The van der Waals surface area contributed by atoms with Crippen LogP contribution in [0.1, 0.15) is 46.0 Å². The second-order valence-electron chi connectivity index (χ2n) is 5.12. The van der Waals surface area contributed by atoms with Gasteiger partial charge in [0.25, 0.3) is 0 Å². The van der Waals surface area contributed by atoms with Crippen LogP contribution in [0.25, 0.3) is 0 Å². The molecule has 1 atom stereocenters. The lowest BCUT2D eigenvalue weighted by Crippen LogP contribution is -2.32. The molecule has 100 valence electrons. The Balaban J connectivity index is 2.97. The number of carboxylic acids is 2. The fraction of sp³-hybridized carbons (Fsp3) is 0.571. The van der Waals surface area contributed by atoms with Crippen molar-refractivity contribution in [2.45, 2.75) is 46.0 Å². The van der Waals surface area contributed by atoms with Crippen molar-refractivity contribution in [2.75, 3.05) is 0 Å². The van der Waals surface area contributed by atoms with Gasteiger partial charge in [-0.2, -0.15) is 0 Å².